The van der Waals surface area contributed by atoms with Crippen LogP contribution in [0.15, 0.2) is 46.2 Å². The van der Waals surface area contributed by atoms with Crippen LogP contribution >= 0.6 is 0 Å². The number of rotatable bonds is 3. The van der Waals surface area contributed by atoms with Crippen molar-refractivity contribution in [1.29, 1.82) is 0 Å². The lowest BCUT2D eigenvalue weighted by Crippen LogP contribution is -2.06. The summed E-state index contributed by atoms with van der Waals surface area (Å²) in [6.07, 6.45) is 0. The summed E-state index contributed by atoms with van der Waals surface area (Å²) in [4.78, 5) is 17.5. The average Bonchev–Trinajstić information content (AvgIpc) is 2.86. The fourth-order valence-corrected chi connectivity index (χ4v) is 4.13. The number of para-hydroxylation sites is 1. The number of fused-ring (bicyclic) bond motifs is 1. The smallest absolute Gasteiger partial charge is 0.270 e. The molecule has 0 bridgehead atoms. The quantitative estimate of drug-likeness (QED) is 0.586. The molecule has 0 atom stereocenters. The summed E-state index contributed by atoms with van der Waals surface area (Å²) in [6, 6.07) is 8.60. The summed E-state index contributed by atoms with van der Waals surface area (Å²) in [5.41, 5.74) is 1.11. The molecule has 7 nitrogen and oxygen atoms in total. The lowest BCUT2D eigenvalue weighted by atomic mass is 10.2. The van der Waals surface area contributed by atoms with Gasteiger partial charge >= 0.3 is 0 Å². The van der Waals surface area contributed by atoms with E-state index in [-0.39, 0.29) is 15.5 Å². The van der Waals surface area contributed by atoms with Crippen LogP contribution in [0.1, 0.15) is 11.4 Å². The first kappa shape index (κ1) is 15.2. The third-order valence-corrected chi connectivity index (χ3v) is 5.48. The van der Waals surface area contributed by atoms with Crippen LogP contribution in [0.25, 0.3) is 11.0 Å². The van der Waals surface area contributed by atoms with Gasteiger partial charge in [0.15, 0.2) is 0 Å². The van der Waals surface area contributed by atoms with E-state index in [9.17, 15) is 18.5 Å². The number of nitrogens with zero attached hydrogens (tertiary/aromatic N) is 2. The number of benzene rings is 2. The van der Waals surface area contributed by atoms with Crippen LogP contribution in [0.5, 0.6) is 0 Å². The van der Waals surface area contributed by atoms with Gasteiger partial charge < -0.3 is 4.98 Å². The monoisotopic (exact) mass is 331 g/mol. The molecule has 3 aromatic rings. The molecule has 0 amide bonds. The molecule has 1 N–H and O–H groups in total. The Morgan fingerprint density at radius 3 is 2.57 bits per heavy atom. The van der Waals surface area contributed by atoms with Crippen LogP contribution in [-0.2, 0) is 9.84 Å². The number of hydrogen-bond acceptors (Lipinski definition) is 5. The number of non-ortho nitro benzene ring substituents is 1. The highest BCUT2D eigenvalue weighted by molar-refractivity contribution is 7.91. The van der Waals surface area contributed by atoms with Crippen molar-refractivity contribution in [2.75, 3.05) is 0 Å². The standard InChI is InChI=1S/C15H13N3O4S/c1-9-6-7-11(18(19)20)8-14(9)23(21,22)13-5-3-4-12-15(13)17-10(2)16-12/h3-8H,1-2H3,(H,16,17). The van der Waals surface area contributed by atoms with Crippen LogP contribution in [0, 0.1) is 24.0 Å². The van der Waals surface area contributed by atoms with E-state index in [0.717, 1.165) is 6.07 Å². The summed E-state index contributed by atoms with van der Waals surface area (Å²) >= 11 is 0. The van der Waals surface area contributed by atoms with Crippen LogP contribution in [-0.4, -0.2) is 23.3 Å². The van der Waals surface area contributed by atoms with Gasteiger partial charge in [0.25, 0.3) is 5.69 Å². The van der Waals surface area contributed by atoms with Gasteiger partial charge in [-0.05, 0) is 31.5 Å². The van der Waals surface area contributed by atoms with Crippen molar-refractivity contribution < 1.29 is 13.3 Å². The second-order valence-corrected chi connectivity index (χ2v) is 7.07. The van der Waals surface area contributed by atoms with E-state index in [1.165, 1.54) is 18.2 Å². The van der Waals surface area contributed by atoms with Crippen molar-refractivity contribution in [3.63, 3.8) is 0 Å². The van der Waals surface area contributed by atoms with Crippen molar-refractivity contribution in [2.24, 2.45) is 0 Å². The highest BCUT2D eigenvalue weighted by Crippen LogP contribution is 2.31. The zero-order valence-corrected chi connectivity index (χ0v) is 13.2. The first-order valence-electron chi connectivity index (χ1n) is 6.76. The first-order chi connectivity index (χ1) is 10.8. The minimum Gasteiger partial charge on any atom is -0.342 e. The normalized spacial score (nSPS) is 11.7. The van der Waals surface area contributed by atoms with E-state index in [2.05, 4.69) is 9.97 Å². The second kappa shape index (κ2) is 5.17. The maximum Gasteiger partial charge on any atom is 0.270 e. The summed E-state index contributed by atoms with van der Waals surface area (Å²) < 4.78 is 26.0. The maximum absolute atomic E-state index is 13.0. The number of aromatic nitrogens is 2. The van der Waals surface area contributed by atoms with Gasteiger partial charge in [0.2, 0.25) is 9.84 Å². The zero-order chi connectivity index (χ0) is 16.8. The van der Waals surface area contributed by atoms with Crippen molar-refractivity contribution in [3.05, 3.63) is 57.9 Å². The van der Waals surface area contributed by atoms with Gasteiger partial charge in [0.05, 0.1) is 20.2 Å². The Bertz CT molecular complexity index is 1040. The van der Waals surface area contributed by atoms with Gasteiger partial charge in [-0.1, -0.05) is 12.1 Å². The number of nitro benzene ring substituents is 1. The number of hydrogen-bond donors (Lipinski definition) is 1. The number of aryl methyl sites for hydroxylation is 2. The average molecular weight is 331 g/mol. The molecule has 0 fully saturated rings. The number of imidazole rings is 1. The Labute approximate surface area is 132 Å². The van der Waals surface area contributed by atoms with Gasteiger partial charge in [0.1, 0.15) is 11.3 Å². The Kier molecular flexibility index (Phi) is 3.41. The number of sulfone groups is 1. The van der Waals surface area contributed by atoms with Gasteiger partial charge in [-0.2, -0.15) is 0 Å². The Morgan fingerprint density at radius 2 is 1.87 bits per heavy atom. The van der Waals surface area contributed by atoms with Crippen molar-refractivity contribution >= 4 is 26.6 Å². The van der Waals surface area contributed by atoms with Gasteiger partial charge in [-0.3, -0.25) is 10.1 Å². The van der Waals surface area contributed by atoms with Gasteiger partial charge in [-0.15, -0.1) is 0 Å². The molecule has 1 heterocycles. The lowest BCUT2D eigenvalue weighted by Gasteiger charge is -2.08. The second-order valence-electron chi connectivity index (χ2n) is 5.18. The number of nitro groups is 1. The molecule has 23 heavy (non-hydrogen) atoms. The van der Waals surface area contributed by atoms with E-state index in [4.69, 9.17) is 0 Å². The molecule has 0 aliphatic carbocycles. The van der Waals surface area contributed by atoms with Gasteiger partial charge in [0, 0.05) is 12.1 Å². The summed E-state index contributed by atoms with van der Waals surface area (Å²) in [7, 11) is -3.93. The molecule has 0 aliphatic rings. The van der Waals surface area contributed by atoms with Crippen molar-refractivity contribution in [3.8, 4) is 0 Å². The molecule has 118 valence electrons. The Morgan fingerprint density at radius 1 is 1.13 bits per heavy atom. The Hall–Kier alpha value is -2.74. The molecular formula is C15H13N3O4S. The molecule has 0 unspecified atom stereocenters. The SMILES string of the molecule is Cc1nc2c(S(=O)(=O)c3cc([N+](=O)[O-])ccc3C)cccc2[nH]1. The molecular weight excluding hydrogens is 318 g/mol. The van der Waals surface area contributed by atoms with Crippen molar-refractivity contribution in [2.45, 2.75) is 23.6 Å². The Balaban J connectivity index is 2.30. The van der Waals surface area contributed by atoms with E-state index < -0.39 is 14.8 Å². The zero-order valence-electron chi connectivity index (χ0n) is 12.4. The predicted octanol–water partition coefficient (Wildman–Crippen LogP) is 2.92. The predicted molar refractivity (Wildman–Crippen MR) is 84.1 cm³/mol. The highest BCUT2D eigenvalue weighted by atomic mass is 32.2. The molecule has 0 saturated carbocycles. The number of H-pyrrole nitrogens is 1. The summed E-state index contributed by atoms with van der Waals surface area (Å²) in [5, 5.41) is 10.9. The first-order valence-corrected chi connectivity index (χ1v) is 8.24. The fourth-order valence-electron chi connectivity index (χ4n) is 2.46. The summed E-state index contributed by atoms with van der Waals surface area (Å²) in [6.45, 7) is 3.33. The molecule has 0 spiro atoms. The van der Waals surface area contributed by atoms with Crippen molar-refractivity contribution in [1.82, 2.24) is 9.97 Å². The molecule has 0 radical (unpaired) electrons. The lowest BCUT2D eigenvalue weighted by molar-refractivity contribution is -0.385. The van der Waals surface area contributed by atoms with Crippen LogP contribution in [0.2, 0.25) is 0 Å². The molecule has 3 rings (SSSR count). The minimum absolute atomic E-state index is 0.0305. The van der Waals surface area contributed by atoms with E-state index in [1.54, 1.807) is 26.0 Å². The fraction of sp³-hybridized carbons (Fsp3) is 0.133. The third-order valence-electron chi connectivity index (χ3n) is 3.56. The minimum atomic E-state index is -3.93. The molecule has 2 aromatic carbocycles. The van der Waals surface area contributed by atoms with Crippen LogP contribution < -0.4 is 0 Å². The highest BCUT2D eigenvalue weighted by Gasteiger charge is 2.25. The molecule has 0 aliphatic heterocycles. The maximum atomic E-state index is 13.0. The van der Waals surface area contributed by atoms with E-state index in [1.807, 2.05) is 0 Å². The topological polar surface area (TPSA) is 106 Å². The third kappa shape index (κ3) is 2.46. The summed E-state index contributed by atoms with van der Waals surface area (Å²) in [5.74, 6) is 0.596. The van der Waals surface area contributed by atoms with Crippen LogP contribution in [0.4, 0.5) is 5.69 Å². The largest absolute Gasteiger partial charge is 0.342 e. The number of nitrogens with one attached hydrogen (secondary N) is 1. The van der Waals surface area contributed by atoms with Gasteiger partial charge in [-0.25, -0.2) is 13.4 Å². The van der Waals surface area contributed by atoms with Crippen LogP contribution in [0.3, 0.4) is 0 Å². The van der Waals surface area contributed by atoms with E-state index in [0.29, 0.717) is 22.4 Å². The molecule has 0 saturated heterocycles. The molecule has 1 aromatic heterocycles. The number of aromatic amines is 1. The van der Waals surface area contributed by atoms with E-state index >= 15 is 0 Å². The molecule has 8 heteroatoms.